The normalized spacial score (nSPS) is 10.5. The maximum absolute atomic E-state index is 12.8. The highest BCUT2D eigenvalue weighted by molar-refractivity contribution is 7.71. The van der Waals surface area contributed by atoms with Crippen LogP contribution in [-0.2, 0) is 17.9 Å². The fraction of sp³-hybridized carbons (Fsp3) is 0.136. The Bertz CT molecular complexity index is 1250. The first-order chi connectivity index (χ1) is 15.6. The molecule has 0 unspecified atom stereocenters. The van der Waals surface area contributed by atoms with Crippen molar-refractivity contribution in [3.05, 3.63) is 77.5 Å². The number of methoxy groups -OCH3 is 1. The SMILES string of the molecule is COc1ccc(-c2n[nH]c(=S)n2CC(=O)Nc2ncccc2OCc2ccncc2)cc1. The van der Waals surface area contributed by atoms with Crippen molar-refractivity contribution >= 4 is 23.9 Å². The lowest BCUT2D eigenvalue weighted by molar-refractivity contribution is -0.116. The number of aromatic amines is 1. The smallest absolute Gasteiger partial charge is 0.245 e. The largest absolute Gasteiger partial charge is 0.497 e. The predicted octanol–water partition coefficient (Wildman–Crippen LogP) is 3.62. The Morgan fingerprint density at radius 3 is 2.66 bits per heavy atom. The van der Waals surface area contributed by atoms with Gasteiger partial charge in [-0.1, -0.05) is 0 Å². The summed E-state index contributed by atoms with van der Waals surface area (Å²) in [5.41, 5.74) is 1.75. The summed E-state index contributed by atoms with van der Waals surface area (Å²) in [6.45, 7) is 0.280. The van der Waals surface area contributed by atoms with Gasteiger partial charge in [-0.2, -0.15) is 5.10 Å². The molecule has 0 aliphatic carbocycles. The molecule has 4 aromatic rings. The van der Waals surface area contributed by atoms with Crippen molar-refractivity contribution in [2.75, 3.05) is 12.4 Å². The molecule has 0 aliphatic heterocycles. The molecule has 2 N–H and O–H groups in total. The van der Waals surface area contributed by atoms with Crippen LogP contribution >= 0.6 is 12.2 Å². The second-order valence-electron chi connectivity index (χ2n) is 6.71. The van der Waals surface area contributed by atoms with E-state index in [1.54, 1.807) is 42.4 Å². The van der Waals surface area contributed by atoms with Crippen LogP contribution in [0.2, 0.25) is 0 Å². The lowest BCUT2D eigenvalue weighted by Gasteiger charge is -2.12. The average molecular weight is 449 g/mol. The number of aromatic nitrogens is 5. The topological polar surface area (TPSA) is 107 Å². The van der Waals surface area contributed by atoms with Gasteiger partial charge in [0.25, 0.3) is 0 Å². The van der Waals surface area contributed by atoms with E-state index in [0.29, 0.717) is 28.8 Å². The number of benzene rings is 1. The average Bonchev–Trinajstić information content (AvgIpc) is 3.19. The van der Waals surface area contributed by atoms with Gasteiger partial charge < -0.3 is 14.8 Å². The van der Waals surface area contributed by atoms with E-state index in [2.05, 4.69) is 25.5 Å². The van der Waals surface area contributed by atoms with Gasteiger partial charge in [0.2, 0.25) is 5.91 Å². The minimum absolute atomic E-state index is 0.0446. The Hall–Kier alpha value is -4.05. The fourth-order valence-electron chi connectivity index (χ4n) is 2.98. The standard InChI is InChI=1S/C22H20N6O3S/c1-30-17-6-4-16(5-7-17)21-26-27-22(32)28(21)13-19(29)25-20-18(3-2-10-24-20)31-14-15-8-11-23-12-9-15/h2-12H,13-14H2,1H3,(H,27,32)(H,24,25,29). The van der Waals surface area contributed by atoms with E-state index in [-0.39, 0.29) is 12.5 Å². The van der Waals surface area contributed by atoms with E-state index in [1.807, 2.05) is 36.4 Å². The molecule has 0 radical (unpaired) electrons. The van der Waals surface area contributed by atoms with Gasteiger partial charge in [0.05, 0.1) is 7.11 Å². The van der Waals surface area contributed by atoms with Gasteiger partial charge in [0.15, 0.2) is 22.2 Å². The summed E-state index contributed by atoms with van der Waals surface area (Å²) < 4.78 is 13.0. The highest BCUT2D eigenvalue weighted by Crippen LogP contribution is 2.23. The van der Waals surface area contributed by atoms with E-state index in [1.165, 1.54) is 0 Å². The monoisotopic (exact) mass is 448 g/mol. The molecule has 0 saturated carbocycles. The van der Waals surface area contributed by atoms with Crippen molar-refractivity contribution in [1.82, 2.24) is 24.7 Å². The molecule has 0 saturated heterocycles. The Morgan fingerprint density at radius 2 is 1.91 bits per heavy atom. The first-order valence-electron chi connectivity index (χ1n) is 9.70. The van der Waals surface area contributed by atoms with Crippen molar-refractivity contribution in [3.63, 3.8) is 0 Å². The quantitative estimate of drug-likeness (QED) is 0.397. The molecule has 3 aromatic heterocycles. The number of pyridine rings is 2. The molecule has 0 aliphatic rings. The van der Waals surface area contributed by atoms with E-state index in [4.69, 9.17) is 21.7 Å². The summed E-state index contributed by atoms with van der Waals surface area (Å²) in [5.74, 6) is 1.74. The molecule has 0 spiro atoms. The van der Waals surface area contributed by atoms with Crippen molar-refractivity contribution in [3.8, 4) is 22.9 Å². The van der Waals surface area contributed by atoms with Crippen LogP contribution in [-0.4, -0.2) is 37.7 Å². The number of hydrogen-bond donors (Lipinski definition) is 2. The third kappa shape index (κ3) is 4.98. The van der Waals surface area contributed by atoms with Crippen LogP contribution in [0.3, 0.4) is 0 Å². The Labute approximate surface area is 189 Å². The summed E-state index contributed by atoms with van der Waals surface area (Å²) >= 11 is 5.32. The van der Waals surface area contributed by atoms with Gasteiger partial charge in [0.1, 0.15) is 18.9 Å². The summed E-state index contributed by atoms with van der Waals surface area (Å²) in [6.07, 6.45) is 4.97. The van der Waals surface area contributed by atoms with Crippen LogP contribution in [0.15, 0.2) is 67.1 Å². The summed E-state index contributed by atoms with van der Waals surface area (Å²) in [5, 5.41) is 9.80. The maximum atomic E-state index is 12.8. The third-order valence-corrected chi connectivity index (χ3v) is 4.89. The Balaban J connectivity index is 1.48. The minimum atomic E-state index is -0.315. The van der Waals surface area contributed by atoms with Gasteiger partial charge in [-0.05, 0) is 66.3 Å². The summed E-state index contributed by atoms with van der Waals surface area (Å²) in [7, 11) is 1.60. The molecular formula is C22H20N6O3S. The van der Waals surface area contributed by atoms with Crippen LogP contribution in [0, 0.1) is 4.77 Å². The van der Waals surface area contributed by atoms with Crippen molar-refractivity contribution in [2.24, 2.45) is 0 Å². The molecular weight excluding hydrogens is 428 g/mol. The van der Waals surface area contributed by atoms with E-state index < -0.39 is 0 Å². The molecule has 0 fully saturated rings. The fourth-order valence-corrected chi connectivity index (χ4v) is 3.18. The number of rotatable bonds is 8. The first kappa shape index (κ1) is 21.2. The van der Waals surface area contributed by atoms with Crippen LogP contribution < -0.4 is 14.8 Å². The Kier molecular flexibility index (Phi) is 6.52. The number of H-pyrrole nitrogens is 1. The highest BCUT2D eigenvalue weighted by Gasteiger charge is 2.15. The van der Waals surface area contributed by atoms with Crippen LogP contribution in [0.25, 0.3) is 11.4 Å². The van der Waals surface area contributed by atoms with E-state index >= 15 is 0 Å². The lowest BCUT2D eigenvalue weighted by atomic mass is 10.2. The Morgan fingerprint density at radius 1 is 1.12 bits per heavy atom. The molecule has 3 heterocycles. The van der Waals surface area contributed by atoms with Gasteiger partial charge in [-0.25, -0.2) is 4.98 Å². The van der Waals surface area contributed by atoms with Gasteiger partial charge in [-0.15, -0.1) is 0 Å². The molecule has 1 aromatic carbocycles. The van der Waals surface area contributed by atoms with Crippen LogP contribution in [0.5, 0.6) is 11.5 Å². The van der Waals surface area contributed by atoms with Gasteiger partial charge >= 0.3 is 0 Å². The molecule has 162 valence electrons. The van der Waals surface area contributed by atoms with Crippen molar-refractivity contribution in [2.45, 2.75) is 13.2 Å². The number of hydrogen-bond acceptors (Lipinski definition) is 7. The number of ether oxygens (including phenoxy) is 2. The van der Waals surface area contributed by atoms with Gasteiger partial charge in [-0.3, -0.25) is 19.4 Å². The first-order valence-corrected chi connectivity index (χ1v) is 10.1. The van der Waals surface area contributed by atoms with Crippen LogP contribution in [0.1, 0.15) is 5.56 Å². The zero-order valence-corrected chi connectivity index (χ0v) is 18.0. The molecule has 10 heteroatoms. The third-order valence-electron chi connectivity index (χ3n) is 4.58. The summed E-state index contributed by atoms with van der Waals surface area (Å²) in [6, 6.07) is 14.5. The maximum Gasteiger partial charge on any atom is 0.245 e. The number of nitrogens with zero attached hydrogens (tertiary/aromatic N) is 4. The molecule has 32 heavy (non-hydrogen) atoms. The number of carbonyl (C=O) groups excluding carboxylic acids is 1. The van der Waals surface area contributed by atoms with Gasteiger partial charge in [0, 0.05) is 24.2 Å². The van der Waals surface area contributed by atoms with E-state index in [0.717, 1.165) is 16.9 Å². The lowest BCUT2D eigenvalue weighted by Crippen LogP contribution is -2.20. The molecule has 9 nitrogen and oxygen atoms in total. The van der Waals surface area contributed by atoms with Crippen LogP contribution in [0.4, 0.5) is 5.82 Å². The number of anilines is 1. The molecule has 0 bridgehead atoms. The van der Waals surface area contributed by atoms with Crippen molar-refractivity contribution in [1.29, 1.82) is 0 Å². The number of carbonyl (C=O) groups is 1. The molecule has 4 rings (SSSR count). The summed E-state index contributed by atoms with van der Waals surface area (Å²) in [4.78, 5) is 21.0. The van der Waals surface area contributed by atoms with E-state index in [9.17, 15) is 4.79 Å². The highest BCUT2D eigenvalue weighted by atomic mass is 32.1. The zero-order valence-electron chi connectivity index (χ0n) is 17.2. The zero-order chi connectivity index (χ0) is 22.3. The predicted molar refractivity (Wildman–Crippen MR) is 121 cm³/mol. The second-order valence-corrected chi connectivity index (χ2v) is 7.10. The molecule has 0 atom stereocenters. The number of nitrogens with one attached hydrogen (secondary N) is 2. The minimum Gasteiger partial charge on any atom is -0.497 e. The second kappa shape index (κ2) is 9.84. The van der Waals surface area contributed by atoms with Crippen molar-refractivity contribution < 1.29 is 14.3 Å². The molecule has 1 amide bonds. The number of amides is 1.